The highest BCUT2D eigenvalue weighted by atomic mass is 16.5. The summed E-state index contributed by atoms with van der Waals surface area (Å²) in [5, 5.41) is 3.36. The van der Waals surface area contributed by atoms with Gasteiger partial charge in [-0.1, -0.05) is 0 Å². The molecule has 2 heterocycles. The zero-order valence-corrected chi connectivity index (χ0v) is 15.4. The predicted octanol–water partition coefficient (Wildman–Crippen LogP) is -0.213. The van der Waals surface area contributed by atoms with E-state index in [0.29, 0.717) is 13.0 Å². The summed E-state index contributed by atoms with van der Waals surface area (Å²) in [5.41, 5.74) is 5.35. The Labute approximate surface area is 149 Å². The fraction of sp³-hybridized carbons (Fsp3) is 0.824. The Morgan fingerprint density at radius 1 is 1.32 bits per heavy atom. The summed E-state index contributed by atoms with van der Waals surface area (Å²) < 4.78 is 5.66. The van der Waals surface area contributed by atoms with Crippen molar-refractivity contribution in [3.05, 3.63) is 0 Å². The third-order valence-corrected chi connectivity index (χ3v) is 4.68. The molecule has 0 spiro atoms. The van der Waals surface area contributed by atoms with E-state index >= 15 is 0 Å². The number of primary amides is 1. The van der Waals surface area contributed by atoms with Gasteiger partial charge in [-0.3, -0.25) is 9.59 Å². The number of carbonyl (C=O) groups is 2. The fourth-order valence-electron chi connectivity index (χ4n) is 3.27. The number of piperidine rings is 1. The van der Waals surface area contributed by atoms with Gasteiger partial charge in [-0.2, -0.15) is 0 Å². The molecule has 2 saturated heterocycles. The number of amides is 2. The standard InChI is InChI=1S/C17H31N5O3/c1-21(2)16(24)11-20-17(19-10-14-6-4-8-25-14)22-7-3-5-13(12-22)9-15(18)23/h13-14H,3-12H2,1-2H3,(H2,18,23)(H,19,20). The third kappa shape index (κ3) is 6.53. The minimum Gasteiger partial charge on any atom is -0.376 e. The molecule has 2 amide bonds. The number of ether oxygens (including phenoxy) is 1. The van der Waals surface area contributed by atoms with Crippen molar-refractivity contribution in [3.63, 3.8) is 0 Å². The van der Waals surface area contributed by atoms with Gasteiger partial charge < -0.3 is 25.6 Å². The fourth-order valence-corrected chi connectivity index (χ4v) is 3.27. The van der Waals surface area contributed by atoms with Crippen LogP contribution in [0.2, 0.25) is 0 Å². The monoisotopic (exact) mass is 353 g/mol. The number of rotatable bonds is 6. The van der Waals surface area contributed by atoms with E-state index in [1.165, 1.54) is 4.90 Å². The first-order valence-corrected chi connectivity index (χ1v) is 9.09. The van der Waals surface area contributed by atoms with E-state index in [1.54, 1.807) is 14.1 Å². The maximum atomic E-state index is 11.9. The number of nitrogens with zero attached hydrogens (tertiary/aromatic N) is 3. The Balaban J connectivity index is 1.99. The van der Waals surface area contributed by atoms with Crippen LogP contribution in [0.15, 0.2) is 4.99 Å². The normalized spacial score (nSPS) is 24.2. The summed E-state index contributed by atoms with van der Waals surface area (Å²) in [6.45, 7) is 3.20. The highest BCUT2D eigenvalue weighted by Crippen LogP contribution is 2.19. The summed E-state index contributed by atoms with van der Waals surface area (Å²) >= 11 is 0. The van der Waals surface area contributed by atoms with Crippen LogP contribution in [0, 0.1) is 5.92 Å². The van der Waals surface area contributed by atoms with Crippen LogP contribution in [0.5, 0.6) is 0 Å². The van der Waals surface area contributed by atoms with Crippen LogP contribution >= 0.6 is 0 Å². The summed E-state index contributed by atoms with van der Waals surface area (Å²) in [6.07, 6.45) is 4.70. The third-order valence-electron chi connectivity index (χ3n) is 4.68. The quantitative estimate of drug-likeness (QED) is 0.508. The number of hydrogen-bond donors (Lipinski definition) is 2. The SMILES string of the molecule is CN(C)C(=O)CN=C(NCC1CCCO1)N1CCCC(CC(N)=O)C1. The minimum atomic E-state index is -0.263. The van der Waals surface area contributed by atoms with Gasteiger partial charge in [0.05, 0.1) is 6.10 Å². The first-order valence-electron chi connectivity index (χ1n) is 9.09. The van der Waals surface area contributed by atoms with E-state index in [4.69, 9.17) is 10.5 Å². The maximum Gasteiger partial charge on any atom is 0.243 e. The molecule has 142 valence electrons. The van der Waals surface area contributed by atoms with E-state index in [9.17, 15) is 9.59 Å². The molecule has 2 rings (SSSR count). The molecule has 2 aliphatic heterocycles. The molecule has 2 atom stereocenters. The summed E-state index contributed by atoms with van der Waals surface area (Å²) in [7, 11) is 3.45. The zero-order chi connectivity index (χ0) is 18.2. The van der Waals surface area contributed by atoms with E-state index < -0.39 is 0 Å². The largest absolute Gasteiger partial charge is 0.376 e. The first kappa shape index (κ1) is 19.5. The molecule has 0 bridgehead atoms. The lowest BCUT2D eigenvalue weighted by Gasteiger charge is -2.35. The van der Waals surface area contributed by atoms with Gasteiger partial charge in [-0.25, -0.2) is 4.99 Å². The first-order chi connectivity index (χ1) is 12.0. The molecule has 8 heteroatoms. The number of aliphatic imine (C=N–C) groups is 1. The van der Waals surface area contributed by atoms with Gasteiger partial charge in [-0.05, 0) is 31.6 Å². The lowest BCUT2D eigenvalue weighted by molar-refractivity contribution is -0.127. The maximum absolute atomic E-state index is 11.9. The van der Waals surface area contributed by atoms with Crippen molar-refractivity contribution in [1.82, 2.24) is 15.1 Å². The van der Waals surface area contributed by atoms with Gasteiger partial charge in [0, 0.05) is 46.8 Å². The Bertz CT molecular complexity index is 489. The molecular formula is C17H31N5O3. The van der Waals surface area contributed by atoms with Crippen molar-refractivity contribution in [2.24, 2.45) is 16.6 Å². The molecule has 0 aromatic heterocycles. The molecule has 0 saturated carbocycles. The number of carbonyl (C=O) groups excluding carboxylic acids is 2. The Morgan fingerprint density at radius 2 is 2.12 bits per heavy atom. The van der Waals surface area contributed by atoms with Crippen LogP contribution in [-0.4, -0.2) is 80.6 Å². The van der Waals surface area contributed by atoms with E-state index in [0.717, 1.165) is 51.3 Å². The van der Waals surface area contributed by atoms with Crippen molar-refractivity contribution < 1.29 is 14.3 Å². The van der Waals surface area contributed by atoms with E-state index in [-0.39, 0.29) is 30.4 Å². The minimum absolute atomic E-state index is 0.0397. The molecular weight excluding hydrogens is 322 g/mol. The molecule has 2 aliphatic rings. The molecule has 2 unspecified atom stereocenters. The average molecular weight is 353 g/mol. The van der Waals surface area contributed by atoms with Crippen molar-refractivity contribution >= 4 is 17.8 Å². The predicted molar refractivity (Wildman–Crippen MR) is 96.1 cm³/mol. The number of nitrogens with two attached hydrogens (primary N) is 1. The van der Waals surface area contributed by atoms with Gasteiger partial charge in [0.1, 0.15) is 6.54 Å². The topological polar surface area (TPSA) is 100 Å². The van der Waals surface area contributed by atoms with Gasteiger partial charge in [0.2, 0.25) is 11.8 Å². The van der Waals surface area contributed by atoms with Crippen molar-refractivity contribution in [3.8, 4) is 0 Å². The number of hydrogen-bond acceptors (Lipinski definition) is 4. The molecule has 0 aliphatic carbocycles. The van der Waals surface area contributed by atoms with E-state index in [2.05, 4.69) is 15.2 Å². The van der Waals surface area contributed by atoms with Gasteiger partial charge in [-0.15, -0.1) is 0 Å². The summed E-state index contributed by atoms with van der Waals surface area (Å²) in [4.78, 5) is 31.3. The number of guanidine groups is 1. The van der Waals surface area contributed by atoms with Crippen molar-refractivity contribution in [2.45, 2.75) is 38.2 Å². The number of likely N-dealkylation sites (tertiary alicyclic amines) is 1. The van der Waals surface area contributed by atoms with Gasteiger partial charge >= 0.3 is 0 Å². The van der Waals surface area contributed by atoms with Gasteiger partial charge in [0.25, 0.3) is 0 Å². The van der Waals surface area contributed by atoms with Crippen LogP contribution in [0.25, 0.3) is 0 Å². The molecule has 3 N–H and O–H groups in total. The van der Waals surface area contributed by atoms with Crippen molar-refractivity contribution in [2.75, 3.05) is 46.9 Å². The number of nitrogens with one attached hydrogen (secondary N) is 1. The second kappa shape index (κ2) is 9.60. The Hall–Kier alpha value is -1.83. The molecule has 8 nitrogen and oxygen atoms in total. The zero-order valence-electron chi connectivity index (χ0n) is 15.4. The van der Waals surface area contributed by atoms with Crippen LogP contribution in [0.3, 0.4) is 0 Å². The smallest absolute Gasteiger partial charge is 0.243 e. The molecule has 2 fully saturated rings. The van der Waals surface area contributed by atoms with Crippen LogP contribution in [-0.2, 0) is 14.3 Å². The van der Waals surface area contributed by atoms with Gasteiger partial charge in [0.15, 0.2) is 5.96 Å². The second-order valence-electron chi connectivity index (χ2n) is 7.07. The Kier molecular flexibility index (Phi) is 7.49. The lowest BCUT2D eigenvalue weighted by Crippen LogP contribution is -2.49. The molecule has 25 heavy (non-hydrogen) atoms. The van der Waals surface area contributed by atoms with Crippen LogP contribution < -0.4 is 11.1 Å². The lowest BCUT2D eigenvalue weighted by atomic mass is 9.95. The van der Waals surface area contributed by atoms with Crippen molar-refractivity contribution in [1.29, 1.82) is 0 Å². The van der Waals surface area contributed by atoms with Crippen LogP contribution in [0.1, 0.15) is 32.1 Å². The molecule has 0 aromatic carbocycles. The number of likely N-dealkylation sites (N-methyl/N-ethyl adjacent to an activating group) is 1. The second-order valence-corrected chi connectivity index (χ2v) is 7.07. The Morgan fingerprint density at radius 3 is 2.76 bits per heavy atom. The van der Waals surface area contributed by atoms with E-state index in [1.807, 2.05) is 0 Å². The molecule has 0 aromatic rings. The molecule has 0 radical (unpaired) electrons. The average Bonchev–Trinajstić information content (AvgIpc) is 3.07. The summed E-state index contributed by atoms with van der Waals surface area (Å²) in [6, 6.07) is 0. The highest BCUT2D eigenvalue weighted by Gasteiger charge is 2.25. The van der Waals surface area contributed by atoms with Crippen LogP contribution in [0.4, 0.5) is 0 Å². The summed E-state index contributed by atoms with van der Waals surface area (Å²) in [5.74, 6) is 0.660. The highest BCUT2D eigenvalue weighted by molar-refractivity contribution is 5.85.